The Hall–Kier alpha value is -2.15. The van der Waals surface area contributed by atoms with Gasteiger partial charge < -0.3 is 8.83 Å². The van der Waals surface area contributed by atoms with Crippen LogP contribution in [0.2, 0.25) is 0 Å². The van der Waals surface area contributed by atoms with Crippen molar-refractivity contribution in [2.75, 3.05) is 5.88 Å². The number of alkyl halides is 1. The first-order valence-electron chi connectivity index (χ1n) is 6.16. The molecule has 7 nitrogen and oxygen atoms in total. The smallest absolute Gasteiger partial charge is 0.283 e. The summed E-state index contributed by atoms with van der Waals surface area (Å²) in [6.07, 6.45) is 5.09. The Morgan fingerprint density at radius 2 is 2.20 bits per heavy atom. The molecule has 0 saturated heterocycles. The maximum absolute atomic E-state index is 5.64. The van der Waals surface area contributed by atoms with Crippen LogP contribution in [0.25, 0.3) is 11.7 Å². The van der Waals surface area contributed by atoms with Crippen molar-refractivity contribution in [1.82, 2.24) is 25.2 Å². The molecule has 0 aliphatic carbocycles. The van der Waals surface area contributed by atoms with Gasteiger partial charge >= 0.3 is 0 Å². The number of aromatic nitrogens is 5. The third kappa shape index (κ3) is 2.88. The van der Waals surface area contributed by atoms with Gasteiger partial charge in [-0.3, -0.25) is 0 Å². The SMILES string of the molecule is ClCCCc1cn(Cc2nnc(-c3ccco3)o2)nn1. The van der Waals surface area contributed by atoms with Gasteiger partial charge in [-0.25, -0.2) is 4.68 Å². The zero-order valence-corrected chi connectivity index (χ0v) is 11.3. The van der Waals surface area contributed by atoms with Gasteiger partial charge in [-0.05, 0) is 25.0 Å². The van der Waals surface area contributed by atoms with E-state index >= 15 is 0 Å². The van der Waals surface area contributed by atoms with Crippen LogP contribution in [0.3, 0.4) is 0 Å². The monoisotopic (exact) mass is 293 g/mol. The molecule has 3 heterocycles. The van der Waals surface area contributed by atoms with Gasteiger partial charge in [0.1, 0.15) is 6.54 Å². The lowest BCUT2D eigenvalue weighted by molar-refractivity contribution is 0.454. The molecular weight excluding hydrogens is 282 g/mol. The Morgan fingerprint density at radius 3 is 3.00 bits per heavy atom. The van der Waals surface area contributed by atoms with Gasteiger partial charge in [0.2, 0.25) is 5.89 Å². The van der Waals surface area contributed by atoms with Crippen LogP contribution in [0.4, 0.5) is 0 Å². The van der Waals surface area contributed by atoms with Crippen molar-refractivity contribution in [2.24, 2.45) is 0 Å². The molecular formula is C12H12ClN5O2. The van der Waals surface area contributed by atoms with Gasteiger partial charge in [0, 0.05) is 12.1 Å². The van der Waals surface area contributed by atoms with E-state index in [4.69, 9.17) is 20.4 Å². The van der Waals surface area contributed by atoms with Gasteiger partial charge in [-0.1, -0.05) is 5.21 Å². The number of rotatable bonds is 6. The second-order valence-corrected chi connectivity index (χ2v) is 4.56. The maximum Gasteiger partial charge on any atom is 0.283 e. The summed E-state index contributed by atoms with van der Waals surface area (Å²) in [5.41, 5.74) is 0.899. The van der Waals surface area contributed by atoms with Crippen molar-refractivity contribution in [3.8, 4) is 11.7 Å². The normalized spacial score (nSPS) is 11.1. The average molecular weight is 294 g/mol. The highest BCUT2D eigenvalue weighted by Gasteiger charge is 2.11. The highest BCUT2D eigenvalue weighted by molar-refractivity contribution is 6.17. The molecule has 0 radical (unpaired) electrons. The van der Waals surface area contributed by atoms with Crippen LogP contribution in [0.15, 0.2) is 33.4 Å². The van der Waals surface area contributed by atoms with Gasteiger partial charge in [-0.15, -0.1) is 26.9 Å². The van der Waals surface area contributed by atoms with E-state index in [1.165, 1.54) is 0 Å². The highest BCUT2D eigenvalue weighted by atomic mass is 35.5. The summed E-state index contributed by atoms with van der Waals surface area (Å²) in [4.78, 5) is 0. The molecule has 0 unspecified atom stereocenters. The van der Waals surface area contributed by atoms with E-state index in [2.05, 4.69) is 20.5 Å². The Kier molecular flexibility index (Phi) is 3.78. The van der Waals surface area contributed by atoms with Crippen LogP contribution in [0, 0.1) is 0 Å². The lowest BCUT2D eigenvalue weighted by Crippen LogP contribution is -2.00. The fourth-order valence-electron chi connectivity index (χ4n) is 1.73. The summed E-state index contributed by atoms with van der Waals surface area (Å²) in [6, 6.07) is 3.52. The first-order chi connectivity index (χ1) is 9.85. The second-order valence-electron chi connectivity index (χ2n) is 4.18. The highest BCUT2D eigenvalue weighted by Crippen LogP contribution is 2.18. The fraction of sp³-hybridized carbons (Fsp3) is 0.333. The van der Waals surface area contributed by atoms with E-state index in [0.717, 1.165) is 18.5 Å². The van der Waals surface area contributed by atoms with Gasteiger partial charge in [0.15, 0.2) is 5.76 Å². The number of aryl methyl sites for hydroxylation is 1. The summed E-state index contributed by atoms with van der Waals surface area (Å²) in [5, 5.41) is 15.9. The van der Waals surface area contributed by atoms with Crippen LogP contribution in [-0.4, -0.2) is 31.1 Å². The summed E-state index contributed by atoms with van der Waals surface area (Å²) in [5.74, 6) is 1.96. The topological polar surface area (TPSA) is 82.8 Å². The molecule has 104 valence electrons. The molecule has 0 N–H and O–H groups in total. The van der Waals surface area contributed by atoms with E-state index in [0.29, 0.717) is 30.0 Å². The van der Waals surface area contributed by atoms with Crippen molar-refractivity contribution in [1.29, 1.82) is 0 Å². The zero-order valence-electron chi connectivity index (χ0n) is 10.6. The van der Waals surface area contributed by atoms with Crippen LogP contribution in [0.1, 0.15) is 18.0 Å². The molecule has 0 amide bonds. The maximum atomic E-state index is 5.64. The molecule has 0 atom stereocenters. The standard InChI is InChI=1S/C12H12ClN5O2/c13-5-1-3-9-7-18(17-14-9)8-11-15-16-12(20-11)10-4-2-6-19-10/h2,4,6-7H,1,3,5,8H2. The minimum absolute atomic E-state index is 0.354. The lowest BCUT2D eigenvalue weighted by Gasteiger charge is -1.93. The minimum atomic E-state index is 0.354. The van der Waals surface area contributed by atoms with Gasteiger partial charge in [-0.2, -0.15) is 0 Å². The summed E-state index contributed by atoms with van der Waals surface area (Å²) >= 11 is 5.64. The average Bonchev–Trinajstić information content (AvgIpc) is 3.18. The number of furan rings is 1. The predicted octanol–water partition coefficient (Wildman–Crippen LogP) is 2.14. The number of halogens is 1. The predicted molar refractivity (Wildman–Crippen MR) is 70.2 cm³/mol. The van der Waals surface area contributed by atoms with Crippen molar-refractivity contribution < 1.29 is 8.83 Å². The molecule has 0 spiro atoms. The van der Waals surface area contributed by atoms with Crippen molar-refractivity contribution in [2.45, 2.75) is 19.4 Å². The van der Waals surface area contributed by atoms with Crippen LogP contribution >= 0.6 is 11.6 Å². The van der Waals surface area contributed by atoms with Crippen LogP contribution in [-0.2, 0) is 13.0 Å². The van der Waals surface area contributed by atoms with E-state index in [-0.39, 0.29) is 0 Å². The third-order valence-electron chi connectivity index (χ3n) is 2.65. The van der Waals surface area contributed by atoms with E-state index in [9.17, 15) is 0 Å². The second kappa shape index (κ2) is 5.87. The molecule has 0 saturated carbocycles. The molecule has 0 aromatic carbocycles. The first kappa shape index (κ1) is 12.9. The van der Waals surface area contributed by atoms with Crippen molar-refractivity contribution >= 4 is 11.6 Å². The minimum Gasteiger partial charge on any atom is -0.459 e. The van der Waals surface area contributed by atoms with Crippen molar-refractivity contribution in [3.63, 3.8) is 0 Å². The molecule has 8 heteroatoms. The van der Waals surface area contributed by atoms with Crippen LogP contribution in [0.5, 0.6) is 0 Å². The van der Waals surface area contributed by atoms with Crippen LogP contribution < -0.4 is 0 Å². The quantitative estimate of drug-likeness (QED) is 0.648. The van der Waals surface area contributed by atoms with E-state index < -0.39 is 0 Å². The largest absolute Gasteiger partial charge is 0.459 e. The summed E-state index contributed by atoms with van der Waals surface area (Å²) < 4.78 is 12.3. The van der Waals surface area contributed by atoms with Gasteiger partial charge in [0.05, 0.1) is 12.0 Å². The Balaban J connectivity index is 1.67. The third-order valence-corrected chi connectivity index (χ3v) is 2.92. The fourth-order valence-corrected chi connectivity index (χ4v) is 1.87. The number of nitrogens with zero attached hydrogens (tertiary/aromatic N) is 5. The number of hydrogen-bond acceptors (Lipinski definition) is 6. The first-order valence-corrected chi connectivity index (χ1v) is 6.70. The lowest BCUT2D eigenvalue weighted by atomic mass is 10.3. The molecule has 0 bridgehead atoms. The van der Waals surface area contributed by atoms with Gasteiger partial charge in [0.25, 0.3) is 5.89 Å². The Labute approximate surface area is 119 Å². The summed E-state index contributed by atoms with van der Waals surface area (Å²) in [6.45, 7) is 0.377. The molecule has 0 fully saturated rings. The molecule has 0 aliphatic heterocycles. The molecule has 3 aromatic rings. The summed E-state index contributed by atoms with van der Waals surface area (Å²) in [7, 11) is 0. The Bertz CT molecular complexity index is 661. The zero-order chi connectivity index (χ0) is 13.8. The molecule has 3 aromatic heterocycles. The Morgan fingerprint density at radius 1 is 1.25 bits per heavy atom. The van der Waals surface area contributed by atoms with Crippen molar-refractivity contribution in [3.05, 3.63) is 36.2 Å². The van der Waals surface area contributed by atoms with E-state index in [1.54, 1.807) is 23.1 Å². The molecule has 20 heavy (non-hydrogen) atoms. The van der Waals surface area contributed by atoms with E-state index in [1.807, 2.05) is 6.20 Å². The number of hydrogen-bond donors (Lipinski definition) is 0. The molecule has 0 aliphatic rings. The molecule has 3 rings (SSSR count).